The molecule has 0 N–H and O–H groups in total. The molecule has 0 atom stereocenters. The molecule has 0 fully saturated rings. The highest BCUT2D eigenvalue weighted by Crippen LogP contribution is 2.41. The van der Waals surface area contributed by atoms with Crippen LogP contribution < -0.4 is 9.47 Å². The summed E-state index contributed by atoms with van der Waals surface area (Å²) in [4.78, 5) is 11.6. The van der Waals surface area contributed by atoms with Crippen LogP contribution in [-0.4, -0.2) is 12.1 Å². The summed E-state index contributed by atoms with van der Waals surface area (Å²) in [6.07, 6.45) is -3.64. The van der Waals surface area contributed by atoms with Crippen molar-refractivity contribution >= 4 is 5.78 Å². The van der Waals surface area contributed by atoms with E-state index in [1.165, 1.54) is 18.2 Å². The van der Waals surface area contributed by atoms with Crippen molar-refractivity contribution < 1.29 is 23.0 Å². The Morgan fingerprint density at radius 2 is 1.88 bits per heavy atom. The van der Waals surface area contributed by atoms with Gasteiger partial charge in [-0.3, -0.25) is 4.79 Å². The Kier molecular flexibility index (Phi) is 2.33. The molecule has 1 aromatic rings. The van der Waals surface area contributed by atoms with E-state index in [0.717, 1.165) is 0 Å². The highest BCUT2D eigenvalue weighted by atomic mass is 19.3. The molecule has 0 radical (unpaired) electrons. The van der Waals surface area contributed by atoms with Crippen LogP contribution in [0.1, 0.15) is 24.2 Å². The minimum Gasteiger partial charge on any atom is -0.395 e. The average molecular weight is 228 g/mol. The van der Waals surface area contributed by atoms with E-state index in [2.05, 4.69) is 9.47 Å². The summed E-state index contributed by atoms with van der Waals surface area (Å²) >= 11 is 0. The molecule has 2 rings (SSSR count). The number of hydrogen-bond donors (Lipinski definition) is 0. The Hall–Kier alpha value is -1.65. The SMILES string of the molecule is CC(C)C(=O)c1ccc2c(c1)OC(F)(F)O2. The summed E-state index contributed by atoms with van der Waals surface area (Å²) in [6.45, 7) is 3.48. The van der Waals surface area contributed by atoms with Gasteiger partial charge in [0.1, 0.15) is 0 Å². The van der Waals surface area contributed by atoms with Gasteiger partial charge in [-0.15, -0.1) is 8.78 Å². The van der Waals surface area contributed by atoms with Crippen molar-refractivity contribution in [2.24, 2.45) is 5.92 Å². The van der Waals surface area contributed by atoms with Gasteiger partial charge >= 0.3 is 6.29 Å². The fourth-order valence-corrected chi connectivity index (χ4v) is 1.44. The Balaban J connectivity index is 2.33. The van der Waals surface area contributed by atoms with Crippen molar-refractivity contribution in [3.8, 4) is 11.5 Å². The van der Waals surface area contributed by atoms with Gasteiger partial charge in [0, 0.05) is 11.5 Å². The second-order valence-electron chi connectivity index (χ2n) is 3.85. The number of ketones is 1. The van der Waals surface area contributed by atoms with Gasteiger partial charge < -0.3 is 9.47 Å². The fourth-order valence-electron chi connectivity index (χ4n) is 1.44. The predicted molar refractivity (Wildman–Crippen MR) is 51.8 cm³/mol. The van der Waals surface area contributed by atoms with Gasteiger partial charge in [0.25, 0.3) is 0 Å². The Labute approximate surface area is 91.0 Å². The molecule has 0 unspecified atom stereocenters. The number of ether oxygens (including phenoxy) is 2. The zero-order valence-corrected chi connectivity index (χ0v) is 8.79. The van der Waals surface area contributed by atoms with E-state index in [0.29, 0.717) is 5.56 Å². The lowest BCUT2D eigenvalue weighted by molar-refractivity contribution is -0.286. The maximum Gasteiger partial charge on any atom is 0.586 e. The lowest BCUT2D eigenvalue weighted by atomic mass is 10.0. The molecule has 1 heterocycles. The second-order valence-corrected chi connectivity index (χ2v) is 3.85. The first-order valence-corrected chi connectivity index (χ1v) is 4.83. The highest BCUT2D eigenvalue weighted by Gasteiger charge is 2.43. The van der Waals surface area contributed by atoms with Crippen molar-refractivity contribution in [2.45, 2.75) is 20.1 Å². The standard InChI is InChI=1S/C11H10F2O3/c1-6(2)10(14)7-3-4-8-9(5-7)16-11(12,13)15-8/h3-6H,1-2H3. The third-order valence-corrected chi connectivity index (χ3v) is 2.21. The minimum absolute atomic E-state index is 0.0506. The van der Waals surface area contributed by atoms with Crippen LogP contribution in [0.15, 0.2) is 18.2 Å². The molecule has 1 aliphatic heterocycles. The van der Waals surface area contributed by atoms with Crippen LogP contribution in [0.2, 0.25) is 0 Å². The summed E-state index contributed by atoms with van der Waals surface area (Å²) < 4.78 is 33.9. The van der Waals surface area contributed by atoms with E-state index in [1.54, 1.807) is 13.8 Å². The molecule has 3 nitrogen and oxygen atoms in total. The van der Waals surface area contributed by atoms with Crippen molar-refractivity contribution in [1.29, 1.82) is 0 Å². The number of benzene rings is 1. The first kappa shape index (κ1) is 10.9. The quantitative estimate of drug-likeness (QED) is 0.730. The molecular weight excluding hydrogens is 218 g/mol. The van der Waals surface area contributed by atoms with Gasteiger partial charge in [0.2, 0.25) is 0 Å². The number of rotatable bonds is 2. The van der Waals surface area contributed by atoms with E-state index in [1.807, 2.05) is 0 Å². The average Bonchev–Trinajstić information content (AvgIpc) is 2.48. The molecule has 0 aliphatic carbocycles. The first-order valence-electron chi connectivity index (χ1n) is 4.83. The molecule has 1 aliphatic rings. The minimum atomic E-state index is -3.64. The molecule has 16 heavy (non-hydrogen) atoms. The van der Waals surface area contributed by atoms with E-state index >= 15 is 0 Å². The van der Waals surface area contributed by atoms with Gasteiger partial charge in [0.15, 0.2) is 17.3 Å². The van der Waals surface area contributed by atoms with Gasteiger partial charge in [-0.05, 0) is 18.2 Å². The van der Waals surface area contributed by atoms with Crippen LogP contribution in [-0.2, 0) is 0 Å². The highest BCUT2D eigenvalue weighted by molar-refractivity contribution is 5.98. The van der Waals surface area contributed by atoms with Crippen LogP contribution in [0.3, 0.4) is 0 Å². The fraction of sp³-hybridized carbons (Fsp3) is 0.364. The van der Waals surface area contributed by atoms with Crippen LogP contribution in [0.5, 0.6) is 11.5 Å². The summed E-state index contributed by atoms with van der Waals surface area (Å²) in [5.74, 6) is -0.468. The van der Waals surface area contributed by atoms with Gasteiger partial charge in [-0.2, -0.15) is 0 Å². The Morgan fingerprint density at radius 3 is 2.50 bits per heavy atom. The van der Waals surface area contributed by atoms with Gasteiger partial charge in [0.05, 0.1) is 0 Å². The molecule has 0 spiro atoms. The smallest absolute Gasteiger partial charge is 0.395 e. The molecule has 0 aromatic heterocycles. The van der Waals surface area contributed by atoms with Crippen LogP contribution in [0.25, 0.3) is 0 Å². The zero-order valence-electron chi connectivity index (χ0n) is 8.79. The van der Waals surface area contributed by atoms with E-state index in [-0.39, 0.29) is 23.2 Å². The van der Waals surface area contributed by atoms with Crippen molar-refractivity contribution in [2.75, 3.05) is 0 Å². The maximum atomic E-state index is 12.7. The second kappa shape index (κ2) is 3.43. The molecule has 0 saturated heterocycles. The molecule has 86 valence electrons. The molecular formula is C11H10F2O3. The summed E-state index contributed by atoms with van der Waals surface area (Å²) in [7, 11) is 0. The third-order valence-electron chi connectivity index (χ3n) is 2.21. The molecule has 0 bridgehead atoms. The Morgan fingerprint density at radius 1 is 1.25 bits per heavy atom. The number of halogens is 2. The van der Waals surface area contributed by atoms with Crippen LogP contribution in [0.4, 0.5) is 8.78 Å². The van der Waals surface area contributed by atoms with Gasteiger partial charge in [-0.25, -0.2) is 0 Å². The number of Topliss-reactive ketones (excluding diaryl/α,β-unsaturated/α-hetero) is 1. The number of carbonyl (C=O) groups is 1. The monoisotopic (exact) mass is 228 g/mol. The predicted octanol–water partition coefficient (Wildman–Crippen LogP) is 2.85. The zero-order chi connectivity index (χ0) is 11.9. The summed E-state index contributed by atoms with van der Waals surface area (Å²) in [5.41, 5.74) is 0.343. The van der Waals surface area contributed by atoms with E-state index < -0.39 is 6.29 Å². The molecule has 1 aromatic carbocycles. The van der Waals surface area contributed by atoms with Crippen LogP contribution >= 0.6 is 0 Å². The summed E-state index contributed by atoms with van der Waals surface area (Å²) in [6, 6.07) is 4.04. The number of carbonyl (C=O) groups excluding carboxylic acids is 1. The number of alkyl halides is 2. The first-order chi connectivity index (χ1) is 7.39. The van der Waals surface area contributed by atoms with Crippen molar-refractivity contribution in [3.63, 3.8) is 0 Å². The van der Waals surface area contributed by atoms with Crippen molar-refractivity contribution in [1.82, 2.24) is 0 Å². The molecule has 5 heteroatoms. The van der Waals surface area contributed by atoms with Gasteiger partial charge in [-0.1, -0.05) is 13.8 Å². The molecule has 0 saturated carbocycles. The number of hydrogen-bond acceptors (Lipinski definition) is 3. The van der Waals surface area contributed by atoms with E-state index in [9.17, 15) is 13.6 Å². The normalized spacial score (nSPS) is 16.6. The lowest BCUT2D eigenvalue weighted by Crippen LogP contribution is -2.25. The third kappa shape index (κ3) is 1.85. The Bertz CT molecular complexity index is 441. The van der Waals surface area contributed by atoms with E-state index in [4.69, 9.17) is 0 Å². The molecule has 0 amide bonds. The topological polar surface area (TPSA) is 35.5 Å². The maximum absolute atomic E-state index is 12.7. The van der Waals surface area contributed by atoms with Crippen LogP contribution in [0, 0.1) is 5.92 Å². The largest absolute Gasteiger partial charge is 0.586 e. The number of fused-ring (bicyclic) bond motifs is 1. The lowest BCUT2D eigenvalue weighted by Gasteiger charge is -2.05. The van der Waals surface area contributed by atoms with Crippen molar-refractivity contribution in [3.05, 3.63) is 23.8 Å². The summed E-state index contributed by atoms with van der Waals surface area (Å²) in [5, 5.41) is 0.